The molecule has 1 aromatic heterocycles. The molecule has 4 nitrogen and oxygen atoms in total. The van der Waals surface area contributed by atoms with Crippen LogP contribution in [-0.2, 0) is 12.0 Å². The van der Waals surface area contributed by atoms with Crippen molar-refractivity contribution >= 4 is 0 Å². The number of hydrogen-bond acceptors (Lipinski definition) is 4. The van der Waals surface area contributed by atoms with Crippen molar-refractivity contribution < 1.29 is 4.52 Å². The minimum absolute atomic E-state index is 0.0162. The fourth-order valence-corrected chi connectivity index (χ4v) is 2.19. The highest BCUT2D eigenvalue weighted by molar-refractivity contribution is 5.22. The standard InChI is InChI=1S/C14H17N3O/c1-11-2-4-12(5-3-11)6-9-16-14(7-8-14)13-15-10-18-17-13/h2-5,10,16H,6-9H2,1H3. The second kappa shape index (κ2) is 4.53. The van der Waals surface area contributed by atoms with E-state index in [0.29, 0.717) is 0 Å². The van der Waals surface area contributed by atoms with Gasteiger partial charge in [-0.2, -0.15) is 4.98 Å². The number of rotatable bonds is 5. The number of nitrogens with one attached hydrogen (secondary N) is 1. The molecule has 3 rings (SSSR count). The van der Waals surface area contributed by atoms with Crippen LogP contribution < -0.4 is 5.32 Å². The van der Waals surface area contributed by atoms with Gasteiger partial charge in [0.2, 0.25) is 6.39 Å². The lowest BCUT2D eigenvalue weighted by molar-refractivity contribution is 0.390. The average Bonchev–Trinajstić information content (AvgIpc) is 2.96. The van der Waals surface area contributed by atoms with Crippen LogP contribution in [0, 0.1) is 6.92 Å². The summed E-state index contributed by atoms with van der Waals surface area (Å²) in [5.74, 6) is 0.798. The summed E-state index contributed by atoms with van der Waals surface area (Å²) in [5.41, 5.74) is 2.65. The van der Waals surface area contributed by atoms with Crippen molar-refractivity contribution in [1.82, 2.24) is 15.5 Å². The van der Waals surface area contributed by atoms with E-state index in [1.165, 1.54) is 17.5 Å². The van der Waals surface area contributed by atoms with Crippen molar-refractivity contribution in [3.05, 3.63) is 47.6 Å². The van der Waals surface area contributed by atoms with Crippen LogP contribution in [0.15, 0.2) is 35.2 Å². The first-order valence-corrected chi connectivity index (χ1v) is 6.36. The van der Waals surface area contributed by atoms with Gasteiger partial charge in [0.25, 0.3) is 0 Å². The smallest absolute Gasteiger partial charge is 0.213 e. The molecule has 0 bridgehead atoms. The van der Waals surface area contributed by atoms with Gasteiger partial charge in [-0.25, -0.2) is 0 Å². The van der Waals surface area contributed by atoms with Crippen molar-refractivity contribution in [3.8, 4) is 0 Å². The van der Waals surface area contributed by atoms with Gasteiger partial charge in [-0.3, -0.25) is 0 Å². The summed E-state index contributed by atoms with van der Waals surface area (Å²) in [5, 5.41) is 7.49. The Morgan fingerprint density at radius 1 is 1.28 bits per heavy atom. The Morgan fingerprint density at radius 3 is 2.67 bits per heavy atom. The predicted molar refractivity (Wildman–Crippen MR) is 68.1 cm³/mol. The SMILES string of the molecule is Cc1ccc(CCNC2(c3ncon3)CC2)cc1. The lowest BCUT2D eigenvalue weighted by Crippen LogP contribution is -2.31. The van der Waals surface area contributed by atoms with Crippen molar-refractivity contribution in [1.29, 1.82) is 0 Å². The van der Waals surface area contributed by atoms with Crippen LogP contribution in [0.2, 0.25) is 0 Å². The largest absolute Gasteiger partial charge is 0.343 e. The zero-order chi connectivity index (χ0) is 12.4. The normalized spacial score (nSPS) is 16.7. The molecule has 1 aromatic carbocycles. The van der Waals surface area contributed by atoms with E-state index in [1.54, 1.807) is 0 Å². The van der Waals surface area contributed by atoms with Gasteiger partial charge in [-0.05, 0) is 31.7 Å². The quantitative estimate of drug-likeness (QED) is 0.874. The van der Waals surface area contributed by atoms with Crippen LogP contribution in [-0.4, -0.2) is 16.7 Å². The van der Waals surface area contributed by atoms with Crippen molar-refractivity contribution in [2.24, 2.45) is 0 Å². The molecule has 1 fully saturated rings. The highest BCUT2D eigenvalue weighted by atomic mass is 16.5. The highest BCUT2D eigenvalue weighted by Gasteiger charge is 2.47. The van der Waals surface area contributed by atoms with E-state index in [-0.39, 0.29) is 5.54 Å². The first-order valence-electron chi connectivity index (χ1n) is 6.36. The fraction of sp³-hybridized carbons (Fsp3) is 0.429. The molecule has 1 N–H and O–H groups in total. The van der Waals surface area contributed by atoms with Crippen LogP contribution in [0.4, 0.5) is 0 Å². The molecule has 0 spiro atoms. The summed E-state index contributed by atoms with van der Waals surface area (Å²) in [4.78, 5) is 4.15. The molecule has 1 aliphatic carbocycles. The monoisotopic (exact) mass is 243 g/mol. The Hall–Kier alpha value is -1.68. The van der Waals surface area contributed by atoms with Gasteiger partial charge in [-0.15, -0.1) is 0 Å². The Morgan fingerprint density at radius 2 is 2.06 bits per heavy atom. The first kappa shape index (κ1) is 11.4. The Balaban J connectivity index is 1.55. The second-order valence-corrected chi connectivity index (χ2v) is 5.00. The number of aromatic nitrogens is 2. The molecule has 94 valence electrons. The zero-order valence-electron chi connectivity index (χ0n) is 10.5. The van der Waals surface area contributed by atoms with E-state index in [1.807, 2.05) is 0 Å². The number of aryl methyl sites for hydroxylation is 1. The minimum Gasteiger partial charge on any atom is -0.343 e. The van der Waals surface area contributed by atoms with Crippen molar-refractivity contribution in [2.75, 3.05) is 6.54 Å². The first-order chi connectivity index (χ1) is 8.78. The summed E-state index contributed by atoms with van der Waals surface area (Å²) in [6.07, 6.45) is 4.62. The van der Waals surface area contributed by atoms with Gasteiger partial charge < -0.3 is 9.84 Å². The van der Waals surface area contributed by atoms with E-state index in [0.717, 1.165) is 31.6 Å². The third-order valence-electron chi connectivity index (χ3n) is 3.54. The van der Waals surface area contributed by atoms with E-state index < -0.39 is 0 Å². The van der Waals surface area contributed by atoms with Crippen molar-refractivity contribution in [2.45, 2.75) is 31.7 Å². The molecule has 0 amide bonds. The van der Waals surface area contributed by atoms with Crippen LogP contribution >= 0.6 is 0 Å². The second-order valence-electron chi connectivity index (χ2n) is 5.00. The minimum atomic E-state index is -0.0162. The van der Waals surface area contributed by atoms with E-state index in [2.05, 4.69) is 46.6 Å². The van der Waals surface area contributed by atoms with E-state index in [9.17, 15) is 0 Å². The molecule has 2 aromatic rings. The van der Waals surface area contributed by atoms with E-state index in [4.69, 9.17) is 4.52 Å². The molecule has 1 aliphatic rings. The summed E-state index contributed by atoms with van der Waals surface area (Å²) >= 11 is 0. The van der Waals surface area contributed by atoms with Crippen LogP contribution in [0.25, 0.3) is 0 Å². The molecule has 18 heavy (non-hydrogen) atoms. The van der Waals surface area contributed by atoms with Gasteiger partial charge >= 0.3 is 0 Å². The summed E-state index contributed by atoms with van der Waals surface area (Å²) < 4.78 is 4.82. The Labute approximate surface area is 106 Å². The maximum Gasteiger partial charge on any atom is 0.213 e. The molecule has 4 heteroatoms. The molecular weight excluding hydrogens is 226 g/mol. The molecular formula is C14H17N3O. The summed E-state index contributed by atoms with van der Waals surface area (Å²) in [6.45, 7) is 3.05. The van der Waals surface area contributed by atoms with E-state index >= 15 is 0 Å². The lowest BCUT2D eigenvalue weighted by atomic mass is 10.1. The Kier molecular flexibility index (Phi) is 2.88. The highest BCUT2D eigenvalue weighted by Crippen LogP contribution is 2.43. The van der Waals surface area contributed by atoms with Gasteiger partial charge in [-0.1, -0.05) is 35.0 Å². The third-order valence-corrected chi connectivity index (χ3v) is 3.54. The number of hydrogen-bond donors (Lipinski definition) is 1. The third kappa shape index (κ3) is 2.29. The molecule has 0 atom stereocenters. The molecule has 0 aliphatic heterocycles. The maximum absolute atomic E-state index is 4.82. The van der Waals surface area contributed by atoms with Crippen molar-refractivity contribution in [3.63, 3.8) is 0 Å². The number of benzene rings is 1. The fourth-order valence-electron chi connectivity index (χ4n) is 2.19. The molecule has 1 heterocycles. The predicted octanol–water partition coefficient (Wildman–Crippen LogP) is 2.20. The van der Waals surface area contributed by atoms with Gasteiger partial charge in [0, 0.05) is 6.54 Å². The Bertz CT molecular complexity index is 500. The van der Waals surface area contributed by atoms with Crippen LogP contribution in [0.3, 0.4) is 0 Å². The van der Waals surface area contributed by atoms with Gasteiger partial charge in [0.05, 0.1) is 5.54 Å². The van der Waals surface area contributed by atoms with Gasteiger partial charge in [0.15, 0.2) is 5.82 Å². The topological polar surface area (TPSA) is 51.0 Å². The van der Waals surface area contributed by atoms with Crippen LogP contribution in [0.1, 0.15) is 29.8 Å². The summed E-state index contributed by atoms with van der Waals surface area (Å²) in [6, 6.07) is 8.68. The number of nitrogens with zero attached hydrogens (tertiary/aromatic N) is 2. The lowest BCUT2D eigenvalue weighted by Gasteiger charge is -2.13. The molecule has 1 saturated carbocycles. The maximum atomic E-state index is 4.82. The van der Waals surface area contributed by atoms with Gasteiger partial charge in [0.1, 0.15) is 0 Å². The molecule has 0 unspecified atom stereocenters. The zero-order valence-corrected chi connectivity index (χ0v) is 10.5. The van der Waals surface area contributed by atoms with Crippen LogP contribution in [0.5, 0.6) is 0 Å². The average molecular weight is 243 g/mol. The molecule has 0 saturated heterocycles. The summed E-state index contributed by atoms with van der Waals surface area (Å²) in [7, 11) is 0. The molecule has 0 radical (unpaired) electrons.